The van der Waals surface area contributed by atoms with Crippen LogP contribution in [-0.4, -0.2) is 52.3 Å². The number of benzene rings is 2. The first-order valence-electron chi connectivity index (χ1n) is 12.1. The monoisotopic (exact) mass is 549 g/mol. The van der Waals surface area contributed by atoms with Gasteiger partial charge in [0.15, 0.2) is 0 Å². The van der Waals surface area contributed by atoms with Gasteiger partial charge < -0.3 is 25.3 Å². The lowest BCUT2D eigenvalue weighted by molar-refractivity contribution is -0.126. The molecule has 0 aliphatic carbocycles. The quantitative estimate of drug-likeness (QED) is 0.254. The van der Waals surface area contributed by atoms with Gasteiger partial charge in [0.05, 0.1) is 41.0 Å². The van der Waals surface area contributed by atoms with Gasteiger partial charge >= 0.3 is 6.18 Å². The summed E-state index contributed by atoms with van der Waals surface area (Å²) in [6.07, 6.45) is -3.43. The average molecular weight is 550 g/mol. The van der Waals surface area contributed by atoms with Crippen molar-refractivity contribution in [3.05, 3.63) is 46.8 Å². The molecule has 37 heavy (non-hydrogen) atoms. The van der Waals surface area contributed by atoms with E-state index in [1.807, 2.05) is 6.07 Å². The molecule has 198 valence electrons. The zero-order valence-electron chi connectivity index (χ0n) is 21.1. The molecule has 4 rings (SSSR count). The Kier molecular flexibility index (Phi) is 8.42. The van der Waals surface area contributed by atoms with Gasteiger partial charge in [0.2, 0.25) is 0 Å². The summed E-state index contributed by atoms with van der Waals surface area (Å²) >= 11 is 1.30. The Bertz CT molecular complexity index is 1360. The van der Waals surface area contributed by atoms with Crippen molar-refractivity contribution in [1.82, 2.24) is 5.32 Å². The molecule has 0 saturated carbocycles. The van der Waals surface area contributed by atoms with Crippen molar-refractivity contribution in [2.75, 3.05) is 50.7 Å². The van der Waals surface area contributed by atoms with Crippen molar-refractivity contribution >= 4 is 45.2 Å². The second-order valence-electron chi connectivity index (χ2n) is 9.44. The molecule has 0 radical (unpaired) electrons. The van der Waals surface area contributed by atoms with Crippen LogP contribution < -0.4 is 26.0 Å². The lowest BCUT2D eigenvalue weighted by Crippen LogP contribution is -2.35. The molecule has 2 heterocycles. The molecule has 5 nitrogen and oxygen atoms in total. The molecule has 1 aliphatic heterocycles. The molecule has 3 N–H and O–H groups in total. The second-order valence-corrected chi connectivity index (χ2v) is 13.7. The molecule has 1 fully saturated rings. The standard InChI is InChI=1S/C27H31F3N3O2PS/c1-35-24-16-19(36(2,3)34)9-10-22(24)32-13-5-8-25-21(17-27(28,29)30)20-6-4-7-23(26(20)37-25)33-18-11-14-31-15-12-18/h4,6-7,9-10,16,18,31-33H,11-15,17H2,1-3H3. The van der Waals surface area contributed by atoms with Crippen LogP contribution in [0.1, 0.15) is 23.3 Å². The fraction of sp³-hybridized carbons (Fsp3) is 0.407. The van der Waals surface area contributed by atoms with E-state index >= 15 is 0 Å². The highest BCUT2D eigenvalue weighted by atomic mass is 32.1. The Morgan fingerprint density at radius 3 is 2.59 bits per heavy atom. The molecule has 3 aromatic rings. The maximum absolute atomic E-state index is 13.5. The van der Waals surface area contributed by atoms with E-state index in [1.165, 1.54) is 18.4 Å². The van der Waals surface area contributed by atoms with Gasteiger partial charge in [0.25, 0.3) is 0 Å². The van der Waals surface area contributed by atoms with Crippen molar-refractivity contribution in [2.45, 2.75) is 31.5 Å². The number of nitrogens with one attached hydrogen (secondary N) is 3. The van der Waals surface area contributed by atoms with Crippen LogP contribution >= 0.6 is 18.5 Å². The summed E-state index contributed by atoms with van der Waals surface area (Å²) in [7, 11) is -0.908. The maximum Gasteiger partial charge on any atom is 0.393 e. The number of fused-ring (bicyclic) bond motifs is 1. The minimum atomic E-state index is -4.34. The van der Waals surface area contributed by atoms with Crippen LogP contribution in [0.15, 0.2) is 36.4 Å². The molecule has 1 saturated heterocycles. The van der Waals surface area contributed by atoms with Crippen molar-refractivity contribution < 1.29 is 22.5 Å². The number of rotatable bonds is 7. The van der Waals surface area contributed by atoms with E-state index in [2.05, 4.69) is 27.8 Å². The van der Waals surface area contributed by atoms with Crippen LogP contribution in [-0.2, 0) is 11.0 Å². The fourth-order valence-corrected chi connectivity index (χ4v) is 6.40. The summed E-state index contributed by atoms with van der Waals surface area (Å²) in [6.45, 7) is 5.44. The summed E-state index contributed by atoms with van der Waals surface area (Å²) in [4.78, 5) is 0.425. The minimum Gasteiger partial charge on any atom is -0.495 e. The summed E-state index contributed by atoms with van der Waals surface area (Å²) in [6, 6.07) is 11.1. The van der Waals surface area contributed by atoms with Crippen LogP contribution in [0.5, 0.6) is 5.75 Å². The number of halogens is 3. The van der Waals surface area contributed by atoms with E-state index in [1.54, 1.807) is 43.7 Å². The SMILES string of the molecule is COc1cc(P(C)(C)=O)ccc1NCC#Cc1sc2c(NC3CCNCC3)cccc2c1CC(F)(F)F. The molecule has 2 aromatic carbocycles. The normalized spacial score (nSPS) is 14.8. The molecule has 0 atom stereocenters. The Balaban J connectivity index is 1.59. The number of anilines is 2. The van der Waals surface area contributed by atoms with Crippen LogP contribution in [0.2, 0.25) is 0 Å². The zero-order valence-corrected chi connectivity index (χ0v) is 22.8. The Morgan fingerprint density at radius 1 is 1.16 bits per heavy atom. The molecular formula is C27H31F3N3O2PS. The number of piperidine rings is 1. The molecular weight excluding hydrogens is 518 g/mol. The van der Waals surface area contributed by atoms with Gasteiger partial charge in [-0.3, -0.25) is 0 Å². The second kappa shape index (κ2) is 11.4. The van der Waals surface area contributed by atoms with Crippen molar-refractivity contribution in [1.29, 1.82) is 0 Å². The van der Waals surface area contributed by atoms with Gasteiger partial charge in [-0.05, 0) is 74.5 Å². The maximum atomic E-state index is 13.5. The van der Waals surface area contributed by atoms with Gasteiger partial charge in [-0.2, -0.15) is 13.2 Å². The molecule has 0 spiro atoms. The number of alkyl halides is 3. The molecule has 1 aromatic heterocycles. The van der Waals surface area contributed by atoms with Crippen molar-refractivity contribution in [3.63, 3.8) is 0 Å². The molecule has 0 bridgehead atoms. The number of thiophene rings is 1. The predicted octanol–water partition coefficient (Wildman–Crippen LogP) is 5.89. The highest BCUT2D eigenvalue weighted by molar-refractivity contribution is 7.70. The summed E-state index contributed by atoms with van der Waals surface area (Å²) in [5.74, 6) is 6.50. The molecule has 0 unspecified atom stereocenters. The Morgan fingerprint density at radius 2 is 1.92 bits per heavy atom. The first kappa shape index (κ1) is 27.4. The summed E-state index contributed by atoms with van der Waals surface area (Å²) < 4.78 is 59.1. The van der Waals surface area contributed by atoms with Gasteiger partial charge in [0, 0.05) is 11.3 Å². The van der Waals surface area contributed by atoms with Crippen LogP contribution in [0.4, 0.5) is 24.5 Å². The lowest BCUT2D eigenvalue weighted by atomic mass is 10.0. The van der Waals surface area contributed by atoms with E-state index in [-0.39, 0.29) is 18.2 Å². The number of hydrogen-bond donors (Lipinski definition) is 3. The predicted molar refractivity (Wildman–Crippen MR) is 149 cm³/mol. The summed E-state index contributed by atoms with van der Waals surface area (Å²) in [5.41, 5.74) is 1.75. The van der Waals surface area contributed by atoms with Crippen LogP contribution in [0, 0.1) is 11.8 Å². The van der Waals surface area contributed by atoms with Gasteiger partial charge in [-0.1, -0.05) is 24.0 Å². The Hall–Kier alpha value is -2.66. The molecule has 10 heteroatoms. The first-order valence-corrected chi connectivity index (χ1v) is 15.5. The first-order chi connectivity index (χ1) is 17.5. The molecule has 1 aliphatic rings. The van der Waals surface area contributed by atoms with Gasteiger partial charge in [-0.25, -0.2) is 0 Å². The minimum absolute atomic E-state index is 0.214. The lowest BCUT2D eigenvalue weighted by Gasteiger charge is -2.25. The van der Waals surface area contributed by atoms with Crippen molar-refractivity contribution in [3.8, 4) is 17.6 Å². The van der Waals surface area contributed by atoms with E-state index in [9.17, 15) is 17.7 Å². The number of hydrogen-bond acceptors (Lipinski definition) is 6. The Labute approximate surface area is 219 Å². The third-order valence-corrected chi connectivity index (χ3v) is 8.99. The van der Waals surface area contributed by atoms with E-state index in [0.717, 1.165) is 36.3 Å². The van der Waals surface area contributed by atoms with Crippen molar-refractivity contribution in [2.24, 2.45) is 0 Å². The third kappa shape index (κ3) is 7.01. The number of ether oxygens (including phenoxy) is 1. The number of methoxy groups -OCH3 is 1. The van der Waals surface area contributed by atoms with Gasteiger partial charge in [-0.15, -0.1) is 11.3 Å². The zero-order chi connectivity index (χ0) is 26.6. The van der Waals surface area contributed by atoms with Crippen LogP contribution in [0.3, 0.4) is 0 Å². The average Bonchev–Trinajstić information content (AvgIpc) is 3.18. The topological polar surface area (TPSA) is 62.4 Å². The third-order valence-electron chi connectivity index (χ3n) is 6.27. The smallest absolute Gasteiger partial charge is 0.393 e. The summed E-state index contributed by atoms with van der Waals surface area (Å²) in [5, 5.41) is 11.3. The highest BCUT2D eigenvalue weighted by Gasteiger charge is 2.31. The van der Waals surface area contributed by atoms with E-state index in [0.29, 0.717) is 27.0 Å². The van der Waals surface area contributed by atoms with Crippen LogP contribution in [0.25, 0.3) is 10.1 Å². The van der Waals surface area contributed by atoms with Gasteiger partial charge in [0.1, 0.15) is 12.9 Å². The molecule has 0 amide bonds. The van der Waals surface area contributed by atoms with E-state index < -0.39 is 19.7 Å². The van der Waals surface area contributed by atoms with E-state index in [4.69, 9.17) is 4.74 Å². The largest absolute Gasteiger partial charge is 0.495 e. The fourth-order valence-electron chi connectivity index (χ4n) is 4.37. The highest BCUT2D eigenvalue weighted by Crippen LogP contribution is 2.40.